The van der Waals surface area contributed by atoms with Crippen molar-refractivity contribution in [2.75, 3.05) is 12.3 Å². The first-order valence-corrected chi connectivity index (χ1v) is 8.05. The summed E-state index contributed by atoms with van der Waals surface area (Å²) in [5, 5.41) is 8.65. The largest absolute Gasteiger partial charge is 0.398 e. The summed E-state index contributed by atoms with van der Waals surface area (Å²) < 4.78 is 26.5. The molecule has 20 heavy (non-hydrogen) atoms. The maximum atomic E-state index is 12.6. The minimum atomic E-state index is -3.62. The fourth-order valence-corrected chi connectivity index (χ4v) is 3.68. The third-order valence-electron chi connectivity index (χ3n) is 3.12. The highest BCUT2D eigenvalue weighted by atomic mass is 32.2. The van der Waals surface area contributed by atoms with Crippen LogP contribution in [0.5, 0.6) is 0 Å². The number of aryl methyl sites for hydroxylation is 1. The van der Waals surface area contributed by atoms with E-state index in [1.807, 2.05) is 13.0 Å². The lowest BCUT2D eigenvalue weighted by atomic mass is 10.1. The fraction of sp³-hybridized carbons (Fsp3) is 0.500. The topological polar surface area (TPSA) is 87.2 Å². The molecule has 2 N–H and O–H groups in total. The molecule has 0 heterocycles. The number of sulfonamides is 1. The fourth-order valence-electron chi connectivity index (χ4n) is 2.01. The average molecular weight is 295 g/mol. The second-order valence-corrected chi connectivity index (χ2v) is 6.72. The molecular weight excluding hydrogens is 274 g/mol. The Morgan fingerprint density at radius 3 is 2.50 bits per heavy atom. The molecule has 0 aromatic heterocycles. The highest BCUT2D eigenvalue weighted by molar-refractivity contribution is 7.89. The van der Waals surface area contributed by atoms with Crippen molar-refractivity contribution < 1.29 is 8.42 Å². The van der Waals surface area contributed by atoms with Gasteiger partial charge in [0.05, 0.1) is 11.0 Å². The number of nitrogens with zero attached hydrogens (tertiary/aromatic N) is 2. The maximum absolute atomic E-state index is 12.6. The van der Waals surface area contributed by atoms with Crippen LogP contribution in [0, 0.1) is 11.3 Å². The molecule has 0 fully saturated rings. The van der Waals surface area contributed by atoms with Crippen LogP contribution < -0.4 is 5.73 Å². The van der Waals surface area contributed by atoms with Gasteiger partial charge in [0.2, 0.25) is 10.0 Å². The molecule has 110 valence electrons. The Labute approximate surface area is 121 Å². The van der Waals surface area contributed by atoms with Crippen LogP contribution in [0.2, 0.25) is 0 Å². The number of hydrogen-bond acceptors (Lipinski definition) is 4. The molecule has 1 aromatic carbocycles. The van der Waals surface area contributed by atoms with Crippen molar-refractivity contribution in [3.63, 3.8) is 0 Å². The quantitative estimate of drug-likeness (QED) is 0.814. The van der Waals surface area contributed by atoms with Gasteiger partial charge in [-0.05, 0) is 38.0 Å². The summed E-state index contributed by atoms with van der Waals surface area (Å²) in [4.78, 5) is 0.179. The Hall–Kier alpha value is -1.58. The van der Waals surface area contributed by atoms with Crippen LogP contribution >= 0.6 is 0 Å². The predicted molar refractivity (Wildman–Crippen MR) is 79.5 cm³/mol. The molecular formula is C14H21N3O2S. The Kier molecular flexibility index (Phi) is 5.54. The molecule has 0 radical (unpaired) electrons. The summed E-state index contributed by atoms with van der Waals surface area (Å²) in [6.45, 7) is 5.73. The first-order chi connectivity index (χ1) is 9.34. The molecule has 0 saturated heterocycles. The highest BCUT2D eigenvalue weighted by Crippen LogP contribution is 2.23. The van der Waals surface area contributed by atoms with Crippen molar-refractivity contribution in [1.29, 1.82) is 5.26 Å². The standard InChI is InChI=1S/C14H21N3O2S/c1-4-12-6-7-13(10-14(12)16)20(18,19)17(11(2)3)9-5-8-15/h6-7,10-11H,4-5,9,16H2,1-3H3. The molecule has 0 saturated carbocycles. The molecule has 0 aliphatic rings. The number of nitriles is 1. The highest BCUT2D eigenvalue weighted by Gasteiger charge is 2.26. The molecule has 1 aromatic rings. The van der Waals surface area contributed by atoms with Gasteiger partial charge in [-0.25, -0.2) is 8.42 Å². The number of anilines is 1. The van der Waals surface area contributed by atoms with Gasteiger partial charge in [0.15, 0.2) is 0 Å². The monoisotopic (exact) mass is 295 g/mol. The number of benzene rings is 1. The van der Waals surface area contributed by atoms with Gasteiger partial charge in [0, 0.05) is 24.7 Å². The number of nitrogens with two attached hydrogens (primary N) is 1. The second-order valence-electron chi connectivity index (χ2n) is 4.83. The zero-order valence-corrected chi connectivity index (χ0v) is 12.9. The van der Waals surface area contributed by atoms with E-state index in [4.69, 9.17) is 11.0 Å². The van der Waals surface area contributed by atoms with Crippen molar-refractivity contribution in [3.05, 3.63) is 23.8 Å². The smallest absolute Gasteiger partial charge is 0.243 e. The molecule has 0 bridgehead atoms. The second kappa shape index (κ2) is 6.73. The number of hydrogen-bond donors (Lipinski definition) is 1. The SMILES string of the molecule is CCc1ccc(S(=O)(=O)N(CCC#N)C(C)C)cc1N. The zero-order valence-electron chi connectivity index (χ0n) is 12.1. The molecule has 0 atom stereocenters. The van der Waals surface area contributed by atoms with Crippen molar-refractivity contribution >= 4 is 15.7 Å². The number of nitrogen functional groups attached to an aromatic ring is 1. The van der Waals surface area contributed by atoms with Crippen molar-refractivity contribution in [1.82, 2.24) is 4.31 Å². The Balaban J connectivity index is 3.20. The molecule has 0 amide bonds. The summed E-state index contributed by atoms with van der Waals surface area (Å²) in [7, 11) is -3.62. The van der Waals surface area contributed by atoms with Crippen molar-refractivity contribution in [2.24, 2.45) is 0 Å². The Morgan fingerprint density at radius 2 is 2.05 bits per heavy atom. The van der Waals surface area contributed by atoms with Crippen LogP contribution in [0.1, 0.15) is 32.8 Å². The minimum absolute atomic E-state index is 0.167. The van der Waals surface area contributed by atoms with Crippen LogP contribution in [0.25, 0.3) is 0 Å². The minimum Gasteiger partial charge on any atom is -0.398 e. The lowest BCUT2D eigenvalue weighted by Crippen LogP contribution is -2.37. The maximum Gasteiger partial charge on any atom is 0.243 e. The predicted octanol–water partition coefficient (Wildman–Crippen LogP) is 2.14. The normalized spacial score (nSPS) is 11.8. The summed E-state index contributed by atoms with van der Waals surface area (Å²) in [5.74, 6) is 0. The van der Waals surface area contributed by atoms with Crippen LogP contribution in [-0.2, 0) is 16.4 Å². The van der Waals surface area contributed by atoms with E-state index < -0.39 is 10.0 Å². The third-order valence-corrected chi connectivity index (χ3v) is 5.20. The third kappa shape index (κ3) is 3.50. The van der Waals surface area contributed by atoms with Gasteiger partial charge in [-0.1, -0.05) is 13.0 Å². The van der Waals surface area contributed by atoms with Gasteiger partial charge in [-0.2, -0.15) is 9.57 Å². The van der Waals surface area contributed by atoms with Gasteiger partial charge < -0.3 is 5.73 Å². The van der Waals surface area contributed by atoms with E-state index in [9.17, 15) is 8.42 Å². The van der Waals surface area contributed by atoms with E-state index >= 15 is 0 Å². The molecule has 0 aliphatic carbocycles. The molecule has 0 unspecified atom stereocenters. The first-order valence-electron chi connectivity index (χ1n) is 6.61. The van der Waals surface area contributed by atoms with Gasteiger partial charge in [0.25, 0.3) is 0 Å². The van der Waals surface area contributed by atoms with Gasteiger partial charge in [-0.15, -0.1) is 0 Å². The van der Waals surface area contributed by atoms with Crippen LogP contribution in [0.15, 0.2) is 23.1 Å². The average Bonchev–Trinajstić information content (AvgIpc) is 2.38. The lowest BCUT2D eigenvalue weighted by molar-refractivity contribution is 0.360. The molecule has 5 nitrogen and oxygen atoms in total. The van der Waals surface area contributed by atoms with Crippen molar-refractivity contribution in [2.45, 2.75) is 44.6 Å². The Morgan fingerprint density at radius 1 is 1.40 bits per heavy atom. The summed E-state index contributed by atoms with van der Waals surface area (Å²) in [6.07, 6.45) is 0.925. The van der Waals surface area contributed by atoms with E-state index in [1.54, 1.807) is 26.0 Å². The molecule has 6 heteroatoms. The van der Waals surface area contributed by atoms with Gasteiger partial charge in [-0.3, -0.25) is 0 Å². The molecule has 0 spiro atoms. The molecule has 0 aliphatic heterocycles. The van der Waals surface area contributed by atoms with Crippen LogP contribution in [-0.4, -0.2) is 25.3 Å². The molecule has 1 rings (SSSR count). The van der Waals surface area contributed by atoms with Gasteiger partial charge in [0.1, 0.15) is 0 Å². The van der Waals surface area contributed by atoms with E-state index in [1.165, 1.54) is 10.4 Å². The van der Waals surface area contributed by atoms with E-state index in [2.05, 4.69) is 0 Å². The Bertz CT molecular complexity index is 603. The van der Waals surface area contributed by atoms with E-state index in [0.29, 0.717) is 5.69 Å². The van der Waals surface area contributed by atoms with Crippen molar-refractivity contribution in [3.8, 4) is 6.07 Å². The van der Waals surface area contributed by atoms with E-state index in [0.717, 1.165) is 12.0 Å². The summed E-state index contributed by atoms with van der Waals surface area (Å²) in [6, 6.07) is 6.58. The first kappa shape index (κ1) is 16.5. The number of rotatable bonds is 6. The lowest BCUT2D eigenvalue weighted by Gasteiger charge is -2.25. The summed E-state index contributed by atoms with van der Waals surface area (Å²) in [5.41, 5.74) is 7.28. The van der Waals surface area contributed by atoms with Gasteiger partial charge >= 0.3 is 0 Å². The van der Waals surface area contributed by atoms with Crippen LogP contribution in [0.4, 0.5) is 5.69 Å². The van der Waals surface area contributed by atoms with E-state index in [-0.39, 0.29) is 23.9 Å². The summed E-state index contributed by atoms with van der Waals surface area (Å²) >= 11 is 0. The van der Waals surface area contributed by atoms with Crippen LogP contribution in [0.3, 0.4) is 0 Å². The zero-order chi connectivity index (χ0) is 15.3.